The van der Waals surface area contributed by atoms with Gasteiger partial charge in [-0.2, -0.15) is 5.26 Å². The first kappa shape index (κ1) is 13.6. The van der Waals surface area contributed by atoms with Gasteiger partial charge in [0.2, 0.25) is 0 Å². The summed E-state index contributed by atoms with van der Waals surface area (Å²) in [6.45, 7) is 0.556. The van der Waals surface area contributed by atoms with Crippen LogP contribution >= 0.6 is 0 Å². The molecule has 0 bridgehead atoms. The second kappa shape index (κ2) is 6.94. The summed E-state index contributed by atoms with van der Waals surface area (Å²) in [6.07, 6.45) is -1.94. The van der Waals surface area contributed by atoms with Gasteiger partial charge < -0.3 is 5.11 Å². The minimum absolute atomic E-state index is 0.0511. The summed E-state index contributed by atoms with van der Waals surface area (Å²) >= 11 is 0. The third kappa shape index (κ3) is 4.10. The number of hydrogen-bond donors (Lipinski definition) is 2. The Kier molecular flexibility index (Phi) is 5.53. The summed E-state index contributed by atoms with van der Waals surface area (Å²) < 4.78 is 24.6. The highest BCUT2D eigenvalue weighted by Crippen LogP contribution is 2.21. The molecule has 1 atom stereocenters. The normalized spacial score (nSPS) is 12.4. The maximum Gasteiger partial charge on any atom is 0.263 e. The van der Waals surface area contributed by atoms with Gasteiger partial charge >= 0.3 is 0 Å². The molecule has 0 aliphatic carbocycles. The van der Waals surface area contributed by atoms with Crippen molar-refractivity contribution in [1.29, 1.82) is 5.26 Å². The quantitative estimate of drug-likeness (QED) is 0.749. The fourth-order valence-electron chi connectivity index (χ4n) is 1.40. The zero-order valence-corrected chi connectivity index (χ0v) is 9.24. The standard InChI is InChI=1S/C12H14F2N2O/c13-12(14)10-4-2-9(3-5-10)11(8-15)16-6-1-7-17/h2-5,11-12,16-17H,1,6-7H2. The lowest BCUT2D eigenvalue weighted by Gasteiger charge is -2.11. The third-order valence-electron chi connectivity index (χ3n) is 2.33. The Hall–Kier alpha value is -1.51. The third-order valence-corrected chi connectivity index (χ3v) is 2.33. The van der Waals surface area contributed by atoms with E-state index in [0.717, 1.165) is 0 Å². The number of rotatable bonds is 6. The highest BCUT2D eigenvalue weighted by Gasteiger charge is 2.11. The van der Waals surface area contributed by atoms with Crippen molar-refractivity contribution in [3.05, 3.63) is 35.4 Å². The van der Waals surface area contributed by atoms with Crippen molar-refractivity contribution in [3.63, 3.8) is 0 Å². The summed E-state index contributed by atoms with van der Waals surface area (Å²) in [4.78, 5) is 0. The highest BCUT2D eigenvalue weighted by atomic mass is 19.3. The summed E-state index contributed by atoms with van der Waals surface area (Å²) in [7, 11) is 0. The molecule has 0 aromatic heterocycles. The van der Waals surface area contributed by atoms with Crippen LogP contribution in [-0.4, -0.2) is 18.3 Å². The van der Waals surface area contributed by atoms with E-state index in [1.54, 1.807) is 0 Å². The number of aliphatic hydroxyl groups is 1. The van der Waals surface area contributed by atoms with Gasteiger partial charge in [-0.15, -0.1) is 0 Å². The molecule has 0 radical (unpaired) electrons. The van der Waals surface area contributed by atoms with Crippen molar-refractivity contribution < 1.29 is 13.9 Å². The molecule has 0 aliphatic heterocycles. The number of benzene rings is 1. The van der Waals surface area contributed by atoms with Gasteiger partial charge in [0.1, 0.15) is 6.04 Å². The Labute approximate surface area is 98.7 Å². The van der Waals surface area contributed by atoms with E-state index in [9.17, 15) is 8.78 Å². The molecule has 1 unspecified atom stereocenters. The predicted octanol–water partition coefficient (Wildman–Crippen LogP) is 2.16. The van der Waals surface area contributed by atoms with E-state index in [4.69, 9.17) is 10.4 Å². The van der Waals surface area contributed by atoms with E-state index >= 15 is 0 Å². The number of nitrogens with one attached hydrogen (secondary N) is 1. The summed E-state index contributed by atoms with van der Waals surface area (Å²) in [5.41, 5.74) is 0.593. The van der Waals surface area contributed by atoms with Crippen molar-refractivity contribution in [2.45, 2.75) is 18.9 Å². The molecule has 0 heterocycles. The van der Waals surface area contributed by atoms with Crippen LogP contribution in [0.3, 0.4) is 0 Å². The van der Waals surface area contributed by atoms with Crippen molar-refractivity contribution in [1.82, 2.24) is 5.32 Å². The van der Waals surface area contributed by atoms with Crippen molar-refractivity contribution in [2.24, 2.45) is 0 Å². The molecule has 1 aromatic rings. The van der Waals surface area contributed by atoms with Crippen molar-refractivity contribution in [3.8, 4) is 6.07 Å². The molecule has 3 nitrogen and oxygen atoms in total. The van der Waals surface area contributed by atoms with Crippen LogP contribution in [0.1, 0.15) is 30.0 Å². The fraction of sp³-hybridized carbons (Fsp3) is 0.417. The number of nitriles is 1. The van der Waals surface area contributed by atoms with Crippen molar-refractivity contribution in [2.75, 3.05) is 13.2 Å². The van der Waals surface area contributed by atoms with Gasteiger partial charge in [-0.3, -0.25) is 5.32 Å². The van der Waals surface area contributed by atoms with Crippen LogP contribution in [0.15, 0.2) is 24.3 Å². The Morgan fingerprint density at radius 3 is 2.29 bits per heavy atom. The second-order valence-corrected chi connectivity index (χ2v) is 3.56. The SMILES string of the molecule is N#CC(NCCCO)c1ccc(C(F)F)cc1. The summed E-state index contributed by atoms with van der Waals surface area (Å²) in [5, 5.41) is 20.5. The van der Waals surface area contributed by atoms with E-state index < -0.39 is 12.5 Å². The molecule has 0 fully saturated rings. The maximum absolute atomic E-state index is 12.3. The molecule has 17 heavy (non-hydrogen) atoms. The molecule has 5 heteroatoms. The van der Waals surface area contributed by atoms with Crippen molar-refractivity contribution >= 4 is 0 Å². The predicted molar refractivity (Wildman–Crippen MR) is 59.5 cm³/mol. The molecule has 0 amide bonds. The van der Waals surface area contributed by atoms with Crippen LogP contribution in [-0.2, 0) is 0 Å². The molecule has 0 saturated heterocycles. The molecular formula is C12H14F2N2O. The fourth-order valence-corrected chi connectivity index (χ4v) is 1.40. The Balaban J connectivity index is 2.66. The largest absolute Gasteiger partial charge is 0.396 e. The Morgan fingerprint density at radius 1 is 1.24 bits per heavy atom. The highest BCUT2D eigenvalue weighted by molar-refractivity contribution is 5.28. The Morgan fingerprint density at radius 2 is 1.82 bits per heavy atom. The molecule has 0 aliphatic rings. The zero-order valence-electron chi connectivity index (χ0n) is 9.24. The van der Waals surface area contributed by atoms with E-state index in [1.807, 2.05) is 6.07 Å². The lowest BCUT2D eigenvalue weighted by molar-refractivity contribution is 0.151. The monoisotopic (exact) mass is 240 g/mol. The van der Waals surface area contributed by atoms with Gasteiger partial charge in [0.25, 0.3) is 6.43 Å². The van der Waals surface area contributed by atoms with Crippen LogP contribution in [0.5, 0.6) is 0 Å². The number of hydrogen-bond acceptors (Lipinski definition) is 3. The number of nitrogens with zero attached hydrogens (tertiary/aromatic N) is 1. The number of halogens is 2. The van der Waals surface area contributed by atoms with Gasteiger partial charge in [0.05, 0.1) is 6.07 Å². The van der Waals surface area contributed by atoms with Gasteiger partial charge in [-0.1, -0.05) is 24.3 Å². The summed E-state index contributed by atoms with van der Waals surface area (Å²) in [5.74, 6) is 0. The van der Waals surface area contributed by atoms with Gasteiger partial charge in [0, 0.05) is 12.2 Å². The zero-order chi connectivity index (χ0) is 12.7. The minimum atomic E-state index is -2.49. The van der Waals surface area contributed by atoms with Crippen LogP contribution in [0, 0.1) is 11.3 Å². The van der Waals surface area contributed by atoms with E-state index in [0.29, 0.717) is 18.5 Å². The van der Waals surface area contributed by atoms with Crippen LogP contribution in [0.25, 0.3) is 0 Å². The first-order chi connectivity index (χ1) is 8.19. The van der Waals surface area contributed by atoms with Gasteiger partial charge in [0.15, 0.2) is 0 Å². The van der Waals surface area contributed by atoms with Gasteiger partial charge in [-0.25, -0.2) is 8.78 Å². The number of aliphatic hydroxyl groups excluding tert-OH is 1. The minimum Gasteiger partial charge on any atom is -0.396 e. The smallest absolute Gasteiger partial charge is 0.263 e. The lowest BCUT2D eigenvalue weighted by atomic mass is 10.1. The molecule has 2 N–H and O–H groups in total. The second-order valence-electron chi connectivity index (χ2n) is 3.56. The Bertz CT molecular complexity index is 373. The average Bonchev–Trinajstić information content (AvgIpc) is 2.35. The molecule has 92 valence electrons. The first-order valence-corrected chi connectivity index (χ1v) is 5.31. The van der Waals surface area contributed by atoms with Crippen LogP contribution in [0.2, 0.25) is 0 Å². The molecule has 1 rings (SSSR count). The molecule has 1 aromatic carbocycles. The number of alkyl halides is 2. The molecule has 0 saturated carbocycles. The molecular weight excluding hydrogens is 226 g/mol. The van der Waals surface area contributed by atoms with E-state index in [2.05, 4.69) is 5.32 Å². The average molecular weight is 240 g/mol. The van der Waals surface area contributed by atoms with Gasteiger partial charge in [-0.05, 0) is 18.5 Å². The van der Waals surface area contributed by atoms with Crippen LogP contribution < -0.4 is 5.32 Å². The molecule has 0 spiro atoms. The first-order valence-electron chi connectivity index (χ1n) is 5.31. The van der Waals surface area contributed by atoms with E-state index in [-0.39, 0.29) is 12.2 Å². The van der Waals surface area contributed by atoms with E-state index in [1.165, 1.54) is 24.3 Å². The van der Waals surface area contributed by atoms with Crippen LogP contribution in [0.4, 0.5) is 8.78 Å². The topological polar surface area (TPSA) is 56.0 Å². The summed E-state index contributed by atoms with van der Waals surface area (Å²) in [6, 6.07) is 7.18. The lowest BCUT2D eigenvalue weighted by Crippen LogP contribution is -2.21. The maximum atomic E-state index is 12.3.